The van der Waals surface area contributed by atoms with E-state index in [1.807, 2.05) is 14.1 Å². The second-order valence-corrected chi connectivity index (χ2v) is 7.45. The summed E-state index contributed by atoms with van der Waals surface area (Å²) >= 11 is 0. The average molecular weight is 331 g/mol. The Morgan fingerprint density at radius 1 is 1.33 bits per heavy atom. The van der Waals surface area contributed by atoms with Gasteiger partial charge in [0.25, 0.3) is 11.6 Å². The number of hydrogen-bond donors (Lipinski definition) is 1. The molecule has 24 heavy (non-hydrogen) atoms. The highest BCUT2D eigenvalue weighted by Gasteiger charge is 2.42. The summed E-state index contributed by atoms with van der Waals surface area (Å²) in [5.41, 5.74) is 1.00. The zero-order valence-electron chi connectivity index (χ0n) is 14.5. The molecular formula is C18H25N3O3. The van der Waals surface area contributed by atoms with Crippen LogP contribution in [0, 0.1) is 27.9 Å². The lowest BCUT2D eigenvalue weighted by molar-refractivity contribution is -0.384. The number of nitrogens with one attached hydrogen (secondary N) is 1. The largest absolute Gasteiger partial charge is 0.377 e. The standard InChI is InChI=1S/C18H25N3O3/c1-11(15-9-12-4-5-13(15)8-12)19-18(22)16-10-14(21(23)24)6-7-17(16)20(2)3/h6-7,10-13,15H,4-5,8-9H2,1-3H3,(H,19,22). The highest BCUT2D eigenvalue weighted by Crippen LogP contribution is 2.49. The Morgan fingerprint density at radius 2 is 2.08 bits per heavy atom. The van der Waals surface area contributed by atoms with Gasteiger partial charge in [0.05, 0.1) is 10.5 Å². The van der Waals surface area contributed by atoms with E-state index in [4.69, 9.17) is 0 Å². The van der Waals surface area contributed by atoms with Crippen molar-refractivity contribution in [1.82, 2.24) is 5.32 Å². The number of rotatable bonds is 5. The molecule has 0 spiro atoms. The van der Waals surface area contributed by atoms with Crippen LogP contribution in [0.5, 0.6) is 0 Å². The molecule has 2 saturated carbocycles. The summed E-state index contributed by atoms with van der Waals surface area (Å²) in [6.07, 6.45) is 5.10. The average Bonchev–Trinajstić information content (AvgIpc) is 3.17. The number of benzene rings is 1. The molecule has 2 aliphatic rings. The number of non-ortho nitro benzene ring substituents is 1. The van der Waals surface area contributed by atoms with Gasteiger partial charge in [-0.05, 0) is 50.0 Å². The Kier molecular flexibility index (Phi) is 4.47. The van der Waals surface area contributed by atoms with Crippen LogP contribution in [0.4, 0.5) is 11.4 Å². The normalized spacial score (nSPS) is 26.2. The summed E-state index contributed by atoms with van der Waals surface area (Å²) in [5.74, 6) is 1.87. The third-order valence-corrected chi connectivity index (χ3v) is 5.71. The lowest BCUT2D eigenvalue weighted by Crippen LogP contribution is -2.40. The molecule has 1 aromatic carbocycles. The molecule has 2 bridgehead atoms. The van der Waals surface area contributed by atoms with Gasteiger partial charge >= 0.3 is 0 Å². The van der Waals surface area contributed by atoms with Crippen LogP contribution < -0.4 is 10.2 Å². The molecule has 6 nitrogen and oxygen atoms in total. The summed E-state index contributed by atoms with van der Waals surface area (Å²) in [5, 5.41) is 14.1. The Balaban J connectivity index is 1.78. The summed E-state index contributed by atoms with van der Waals surface area (Å²) < 4.78 is 0. The predicted octanol–water partition coefficient (Wildman–Crippen LogP) is 3.22. The number of fused-ring (bicyclic) bond motifs is 2. The van der Waals surface area contributed by atoms with E-state index in [-0.39, 0.29) is 17.6 Å². The van der Waals surface area contributed by atoms with Crippen LogP contribution >= 0.6 is 0 Å². The zero-order valence-corrected chi connectivity index (χ0v) is 14.5. The highest BCUT2D eigenvalue weighted by atomic mass is 16.6. The number of nitro groups is 1. The Morgan fingerprint density at radius 3 is 2.62 bits per heavy atom. The van der Waals surface area contributed by atoms with E-state index < -0.39 is 4.92 Å². The predicted molar refractivity (Wildman–Crippen MR) is 93.3 cm³/mol. The van der Waals surface area contributed by atoms with Crippen LogP contribution in [0.15, 0.2) is 18.2 Å². The van der Waals surface area contributed by atoms with Crippen molar-refractivity contribution >= 4 is 17.3 Å². The minimum atomic E-state index is -0.463. The molecule has 4 atom stereocenters. The maximum absolute atomic E-state index is 12.8. The molecule has 0 aromatic heterocycles. The molecule has 6 heteroatoms. The van der Waals surface area contributed by atoms with Gasteiger partial charge in [-0.1, -0.05) is 6.42 Å². The van der Waals surface area contributed by atoms with E-state index >= 15 is 0 Å². The lowest BCUT2D eigenvalue weighted by atomic mass is 9.84. The molecule has 0 saturated heterocycles. The van der Waals surface area contributed by atoms with E-state index in [0.717, 1.165) is 11.8 Å². The summed E-state index contributed by atoms with van der Waals surface area (Å²) in [6, 6.07) is 4.54. The molecule has 130 valence electrons. The van der Waals surface area contributed by atoms with Gasteiger partial charge in [0.2, 0.25) is 0 Å². The molecule has 3 rings (SSSR count). The van der Waals surface area contributed by atoms with Gasteiger partial charge in [-0.25, -0.2) is 0 Å². The molecule has 0 radical (unpaired) electrons. The first-order valence-corrected chi connectivity index (χ1v) is 8.63. The number of anilines is 1. The van der Waals surface area contributed by atoms with Crippen LogP contribution in [0.3, 0.4) is 0 Å². The fraction of sp³-hybridized carbons (Fsp3) is 0.611. The van der Waals surface area contributed by atoms with E-state index in [0.29, 0.717) is 17.2 Å². The summed E-state index contributed by atoms with van der Waals surface area (Å²) in [6.45, 7) is 2.07. The maximum Gasteiger partial charge on any atom is 0.270 e. The molecule has 1 aromatic rings. The third-order valence-electron chi connectivity index (χ3n) is 5.71. The molecule has 1 N–H and O–H groups in total. The van der Waals surface area contributed by atoms with Crippen molar-refractivity contribution in [2.75, 3.05) is 19.0 Å². The van der Waals surface area contributed by atoms with Crippen molar-refractivity contribution < 1.29 is 9.72 Å². The number of amides is 1. The van der Waals surface area contributed by atoms with Gasteiger partial charge in [-0.2, -0.15) is 0 Å². The van der Waals surface area contributed by atoms with Crippen LogP contribution in [-0.4, -0.2) is 31.0 Å². The van der Waals surface area contributed by atoms with Crippen LogP contribution in [0.1, 0.15) is 43.0 Å². The SMILES string of the molecule is CC(NC(=O)c1cc([N+](=O)[O-])ccc1N(C)C)C1CC2CCC1C2. The van der Waals surface area contributed by atoms with Crippen molar-refractivity contribution in [1.29, 1.82) is 0 Å². The first-order valence-electron chi connectivity index (χ1n) is 8.63. The Bertz CT molecular complexity index is 659. The first-order chi connectivity index (χ1) is 11.4. The molecule has 2 aliphatic carbocycles. The van der Waals surface area contributed by atoms with Gasteiger partial charge < -0.3 is 10.2 Å². The van der Waals surface area contributed by atoms with Crippen LogP contribution in [0.25, 0.3) is 0 Å². The molecule has 2 fully saturated rings. The maximum atomic E-state index is 12.8. The fourth-order valence-electron chi connectivity index (χ4n) is 4.51. The molecule has 4 unspecified atom stereocenters. The number of hydrogen-bond acceptors (Lipinski definition) is 4. The van der Waals surface area contributed by atoms with Crippen LogP contribution in [0.2, 0.25) is 0 Å². The number of nitro benzene ring substituents is 1. The minimum Gasteiger partial charge on any atom is -0.377 e. The monoisotopic (exact) mass is 331 g/mol. The van der Waals surface area contributed by atoms with Gasteiger partial charge in [-0.3, -0.25) is 14.9 Å². The minimum absolute atomic E-state index is 0.0571. The number of carbonyl (C=O) groups excluding carboxylic acids is 1. The molecule has 1 amide bonds. The number of nitrogens with zero attached hydrogens (tertiary/aromatic N) is 2. The second kappa shape index (κ2) is 6.42. The topological polar surface area (TPSA) is 75.5 Å². The van der Waals surface area contributed by atoms with Crippen molar-refractivity contribution in [3.8, 4) is 0 Å². The smallest absolute Gasteiger partial charge is 0.270 e. The summed E-state index contributed by atoms with van der Waals surface area (Å²) in [4.78, 5) is 25.1. The van der Waals surface area contributed by atoms with E-state index in [2.05, 4.69) is 12.2 Å². The summed E-state index contributed by atoms with van der Waals surface area (Å²) in [7, 11) is 3.66. The first kappa shape index (κ1) is 16.7. The fourth-order valence-corrected chi connectivity index (χ4v) is 4.51. The lowest BCUT2D eigenvalue weighted by Gasteiger charge is -2.29. The van der Waals surface area contributed by atoms with Crippen molar-refractivity contribution in [2.45, 2.75) is 38.6 Å². The quantitative estimate of drug-likeness (QED) is 0.664. The van der Waals surface area contributed by atoms with Gasteiger partial charge in [0, 0.05) is 38.0 Å². The van der Waals surface area contributed by atoms with Gasteiger partial charge in [0.1, 0.15) is 0 Å². The number of carbonyl (C=O) groups is 1. The highest BCUT2D eigenvalue weighted by molar-refractivity contribution is 6.00. The molecule has 0 aliphatic heterocycles. The molecule has 0 heterocycles. The van der Waals surface area contributed by atoms with Gasteiger partial charge in [0.15, 0.2) is 0 Å². The van der Waals surface area contributed by atoms with Crippen molar-refractivity contribution in [3.05, 3.63) is 33.9 Å². The molecular weight excluding hydrogens is 306 g/mol. The van der Waals surface area contributed by atoms with Crippen LogP contribution in [-0.2, 0) is 0 Å². The zero-order chi connectivity index (χ0) is 17.4. The Labute approximate surface area is 142 Å². The van der Waals surface area contributed by atoms with Crippen molar-refractivity contribution in [3.63, 3.8) is 0 Å². The van der Waals surface area contributed by atoms with Crippen molar-refractivity contribution in [2.24, 2.45) is 17.8 Å². The third kappa shape index (κ3) is 3.09. The Hall–Kier alpha value is -2.11. The second-order valence-electron chi connectivity index (χ2n) is 7.45. The van der Waals surface area contributed by atoms with E-state index in [9.17, 15) is 14.9 Å². The van der Waals surface area contributed by atoms with E-state index in [1.54, 1.807) is 11.0 Å². The van der Waals surface area contributed by atoms with Gasteiger partial charge in [-0.15, -0.1) is 0 Å². The van der Waals surface area contributed by atoms with E-state index in [1.165, 1.54) is 37.8 Å².